The van der Waals surface area contributed by atoms with Crippen LogP contribution >= 0.6 is 0 Å². The Hall–Kier alpha value is -5.68. The van der Waals surface area contributed by atoms with E-state index in [9.17, 15) is 0 Å². The Bertz CT molecular complexity index is 2340. The minimum absolute atomic E-state index is 0.758. The third kappa shape index (κ3) is 3.36. The van der Waals surface area contributed by atoms with Gasteiger partial charge in [-0.25, -0.2) is 4.98 Å². The standard InChI is InChI=1S/C36H21N3O2/c1-2-6-26-22(5-1)9-10-23-17-24(11-13-27(23)26)39(25-12-14-29-30-20-37-16-15-33(30)41-34(29)18-25)36-19-35-31(21-38-36)28-7-3-4-8-32(28)40-35/h1-21H. The third-order valence-electron chi connectivity index (χ3n) is 7.98. The summed E-state index contributed by atoms with van der Waals surface area (Å²) in [4.78, 5) is 11.4. The molecule has 9 rings (SSSR count). The van der Waals surface area contributed by atoms with E-state index in [0.717, 1.165) is 66.5 Å². The minimum atomic E-state index is 0.758. The largest absolute Gasteiger partial charge is 0.456 e. The van der Waals surface area contributed by atoms with Crippen molar-refractivity contribution in [2.45, 2.75) is 0 Å². The molecule has 0 fully saturated rings. The molecule has 4 aromatic heterocycles. The van der Waals surface area contributed by atoms with Crippen molar-refractivity contribution < 1.29 is 8.83 Å². The van der Waals surface area contributed by atoms with Crippen molar-refractivity contribution in [3.8, 4) is 0 Å². The fourth-order valence-corrected chi connectivity index (χ4v) is 6.03. The van der Waals surface area contributed by atoms with Gasteiger partial charge in [0.15, 0.2) is 0 Å². The molecule has 4 heterocycles. The maximum absolute atomic E-state index is 6.25. The van der Waals surface area contributed by atoms with Crippen molar-refractivity contribution in [3.05, 3.63) is 128 Å². The second-order valence-corrected chi connectivity index (χ2v) is 10.3. The third-order valence-corrected chi connectivity index (χ3v) is 7.98. The predicted molar refractivity (Wildman–Crippen MR) is 166 cm³/mol. The molecule has 0 unspecified atom stereocenters. The second kappa shape index (κ2) is 8.41. The molecule has 0 amide bonds. The van der Waals surface area contributed by atoms with E-state index in [0.29, 0.717) is 0 Å². The van der Waals surface area contributed by atoms with Crippen LogP contribution in [-0.4, -0.2) is 9.97 Å². The maximum Gasteiger partial charge on any atom is 0.141 e. The molecule has 0 aliphatic carbocycles. The van der Waals surface area contributed by atoms with Gasteiger partial charge in [0, 0.05) is 58.0 Å². The predicted octanol–water partition coefficient (Wildman–Crippen LogP) is 10.1. The highest BCUT2D eigenvalue weighted by Crippen LogP contribution is 2.40. The van der Waals surface area contributed by atoms with Gasteiger partial charge in [-0.2, -0.15) is 0 Å². The molecule has 5 heteroatoms. The summed E-state index contributed by atoms with van der Waals surface area (Å²) in [6.45, 7) is 0. The van der Waals surface area contributed by atoms with E-state index in [-0.39, 0.29) is 0 Å². The van der Waals surface area contributed by atoms with E-state index in [1.165, 1.54) is 16.2 Å². The number of fused-ring (bicyclic) bond motifs is 9. The minimum Gasteiger partial charge on any atom is -0.456 e. The van der Waals surface area contributed by atoms with Gasteiger partial charge in [0.05, 0.1) is 5.69 Å². The first kappa shape index (κ1) is 22.2. The van der Waals surface area contributed by atoms with Gasteiger partial charge in [0.25, 0.3) is 0 Å². The van der Waals surface area contributed by atoms with Crippen LogP contribution in [-0.2, 0) is 0 Å². The topological polar surface area (TPSA) is 55.3 Å². The Morgan fingerprint density at radius 2 is 1.12 bits per heavy atom. The molecular formula is C36H21N3O2. The summed E-state index contributed by atoms with van der Waals surface area (Å²) in [7, 11) is 0. The van der Waals surface area contributed by atoms with Gasteiger partial charge in [0.1, 0.15) is 28.1 Å². The van der Waals surface area contributed by atoms with Crippen LogP contribution < -0.4 is 4.90 Å². The summed E-state index contributed by atoms with van der Waals surface area (Å²) in [6.07, 6.45) is 5.51. The van der Waals surface area contributed by atoms with Crippen LogP contribution in [0.3, 0.4) is 0 Å². The number of hydrogen-bond acceptors (Lipinski definition) is 5. The zero-order chi connectivity index (χ0) is 26.9. The van der Waals surface area contributed by atoms with Crippen molar-refractivity contribution in [2.24, 2.45) is 0 Å². The molecule has 0 saturated heterocycles. The van der Waals surface area contributed by atoms with Gasteiger partial charge in [-0.05, 0) is 57.9 Å². The van der Waals surface area contributed by atoms with Gasteiger partial charge in [-0.1, -0.05) is 60.7 Å². The van der Waals surface area contributed by atoms with Crippen LogP contribution in [0.25, 0.3) is 65.4 Å². The smallest absolute Gasteiger partial charge is 0.141 e. The highest BCUT2D eigenvalue weighted by atomic mass is 16.3. The lowest BCUT2D eigenvalue weighted by atomic mass is 10.0. The zero-order valence-electron chi connectivity index (χ0n) is 21.8. The number of furan rings is 2. The van der Waals surface area contributed by atoms with Crippen molar-refractivity contribution in [1.82, 2.24) is 9.97 Å². The highest BCUT2D eigenvalue weighted by Gasteiger charge is 2.19. The fraction of sp³-hybridized carbons (Fsp3) is 0. The molecule has 0 aliphatic heterocycles. The first-order chi connectivity index (χ1) is 20.3. The first-order valence-corrected chi connectivity index (χ1v) is 13.6. The van der Waals surface area contributed by atoms with Gasteiger partial charge < -0.3 is 8.83 Å². The monoisotopic (exact) mass is 527 g/mol. The van der Waals surface area contributed by atoms with Crippen LogP contribution in [0.2, 0.25) is 0 Å². The Labute approximate surface area is 233 Å². The lowest BCUT2D eigenvalue weighted by Gasteiger charge is -2.24. The Morgan fingerprint density at radius 3 is 2.05 bits per heavy atom. The SMILES string of the molecule is c1ccc2c(c1)ccc1cc(N(c3ccc4c(c3)oc3ccncc34)c3cc4oc5ccccc5c4cn3)ccc12. The van der Waals surface area contributed by atoms with Crippen LogP contribution in [0, 0.1) is 0 Å². The molecule has 192 valence electrons. The van der Waals surface area contributed by atoms with E-state index in [1.54, 1.807) is 6.20 Å². The maximum atomic E-state index is 6.25. The molecule has 5 aromatic carbocycles. The Kier molecular flexibility index (Phi) is 4.55. The van der Waals surface area contributed by atoms with E-state index < -0.39 is 0 Å². The van der Waals surface area contributed by atoms with Crippen molar-refractivity contribution in [3.63, 3.8) is 0 Å². The summed E-state index contributed by atoms with van der Waals surface area (Å²) >= 11 is 0. The van der Waals surface area contributed by atoms with Gasteiger partial charge in [0.2, 0.25) is 0 Å². The first-order valence-electron chi connectivity index (χ1n) is 13.6. The Morgan fingerprint density at radius 1 is 0.463 bits per heavy atom. The molecule has 0 N–H and O–H groups in total. The number of nitrogens with zero attached hydrogens (tertiary/aromatic N) is 3. The van der Waals surface area contributed by atoms with Crippen LogP contribution in [0.15, 0.2) is 137 Å². The average molecular weight is 528 g/mol. The average Bonchev–Trinajstić information content (AvgIpc) is 3.58. The number of anilines is 3. The lowest BCUT2D eigenvalue weighted by molar-refractivity contribution is 0.668. The molecular weight excluding hydrogens is 506 g/mol. The normalized spacial score (nSPS) is 11.9. The quantitative estimate of drug-likeness (QED) is 0.214. The van der Waals surface area contributed by atoms with E-state index in [1.807, 2.05) is 42.7 Å². The lowest BCUT2D eigenvalue weighted by Crippen LogP contribution is -2.11. The molecule has 9 aromatic rings. The van der Waals surface area contributed by atoms with Gasteiger partial charge in [-0.15, -0.1) is 0 Å². The number of pyridine rings is 2. The molecule has 5 nitrogen and oxygen atoms in total. The molecule has 41 heavy (non-hydrogen) atoms. The van der Waals surface area contributed by atoms with Crippen molar-refractivity contribution in [1.29, 1.82) is 0 Å². The molecule has 0 aliphatic rings. The zero-order valence-corrected chi connectivity index (χ0v) is 21.8. The molecule has 0 radical (unpaired) electrons. The number of rotatable bonds is 3. The van der Waals surface area contributed by atoms with Crippen molar-refractivity contribution in [2.75, 3.05) is 4.90 Å². The summed E-state index contributed by atoms with van der Waals surface area (Å²) in [6, 6.07) is 37.7. The molecule has 0 atom stereocenters. The van der Waals surface area contributed by atoms with Crippen LogP contribution in [0.5, 0.6) is 0 Å². The van der Waals surface area contributed by atoms with Gasteiger partial charge in [-0.3, -0.25) is 9.88 Å². The summed E-state index contributed by atoms with van der Waals surface area (Å²) in [5.41, 5.74) is 5.19. The van der Waals surface area contributed by atoms with E-state index >= 15 is 0 Å². The molecule has 0 bridgehead atoms. The number of benzene rings is 5. The molecule has 0 saturated carbocycles. The van der Waals surface area contributed by atoms with Crippen LogP contribution in [0.4, 0.5) is 17.2 Å². The van der Waals surface area contributed by atoms with Crippen molar-refractivity contribution >= 4 is 82.6 Å². The Balaban J connectivity index is 1.28. The number of aromatic nitrogens is 2. The van der Waals surface area contributed by atoms with E-state index in [4.69, 9.17) is 13.8 Å². The highest BCUT2D eigenvalue weighted by molar-refractivity contribution is 6.10. The fourth-order valence-electron chi connectivity index (χ4n) is 6.03. The number of para-hydroxylation sites is 1. The summed E-state index contributed by atoms with van der Waals surface area (Å²) in [5, 5.41) is 8.92. The number of hydrogen-bond donors (Lipinski definition) is 0. The molecule has 0 spiro atoms. The van der Waals surface area contributed by atoms with E-state index in [2.05, 4.69) is 88.7 Å². The van der Waals surface area contributed by atoms with Crippen LogP contribution in [0.1, 0.15) is 0 Å². The van der Waals surface area contributed by atoms with Gasteiger partial charge >= 0.3 is 0 Å². The summed E-state index contributed by atoms with van der Waals surface area (Å²) in [5.74, 6) is 0.758. The summed E-state index contributed by atoms with van der Waals surface area (Å²) < 4.78 is 12.5. The second-order valence-electron chi connectivity index (χ2n) is 10.3.